The zero-order valence-electron chi connectivity index (χ0n) is 9.92. The van der Waals surface area contributed by atoms with Crippen LogP contribution in [0.4, 0.5) is 0 Å². The van der Waals surface area contributed by atoms with Crippen LogP contribution >= 0.6 is 0 Å². The summed E-state index contributed by atoms with van der Waals surface area (Å²) in [6.45, 7) is 5.30. The summed E-state index contributed by atoms with van der Waals surface area (Å²) in [5.41, 5.74) is 0. The Kier molecular flexibility index (Phi) is 7.11. The topological polar surface area (TPSA) is 87.3 Å². The van der Waals surface area contributed by atoms with E-state index in [0.717, 1.165) is 0 Å². The summed E-state index contributed by atoms with van der Waals surface area (Å²) in [4.78, 5) is 32.8. The Hall–Kier alpha value is -1.43. The molecule has 16 heavy (non-hydrogen) atoms. The van der Waals surface area contributed by atoms with Crippen molar-refractivity contribution >= 4 is 17.6 Å². The van der Waals surface area contributed by atoms with Gasteiger partial charge in [0.2, 0.25) is 11.8 Å². The Morgan fingerprint density at radius 2 is 1.44 bits per heavy atom. The number of carbonyl (C=O) groups is 3. The zero-order valence-corrected chi connectivity index (χ0v) is 9.92. The highest BCUT2D eigenvalue weighted by molar-refractivity contribution is 5.88. The molecule has 0 aromatic rings. The highest BCUT2D eigenvalue weighted by atomic mass is 16.2. The zero-order chi connectivity index (χ0) is 12.6. The average Bonchev–Trinajstić information content (AvgIpc) is 2.20. The van der Waals surface area contributed by atoms with Crippen LogP contribution in [0.3, 0.4) is 0 Å². The van der Waals surface area contributed by atoms with E-state index in [9.17, 15) is 14.4 Å². The summed E-state index contributed by atoms with van der Waals surface area (Å²) < 4.78 is 0. The van der Waals surface area contributed by atoms with E-state index in [1.54, 1.807) is 0 Å². The number of carbonyl (C=O) groups excluding carboxylic acids is 3. The molecule has 0 aliphatic heterocycles. The average molecular weight is 229 g/mol. The summed E-state index contributed by atoms with van der Waals surface area (Å²) in [5, 5.41) is 7.74. The molecule has 0 rings (SSSR count). The van der Waals surface area contributed by atoms with E-state index in [0.29, 0.717) is 0 Å². The molecule has 3 N–H and O–H groups in total. The Balaban J connectivity index is 3.59. The van der Waals surface area contributed by atoms with Gasteiger partial charge in [0.15, 0.2) is 0 Å². The van der Waals surface area contributed by atoms with Crippen molar-refractivity contribution in [3.8, 4) is 0 Å². The molecule has 0 aromatic carbocycles. The van der Waals surface area contributed by atoms with Gasteiger partial charge < -0.3 is 16.0 Å². The van der Waals surface area contributed by atoms with E-state index in [1.807, 2.05) is 13.8 Å². The van der Waals surface area contributed by atoms with E-state index in [4.69, 9.17) is 0 Å². The maximum absolute atomic E-state index is 11.2. The van der Waals surface area contributed by atoms with Gasteiger partial charge in [0.1, 0.15) is 5.78 Å². The van der Waals surface area contributed by atoms with Crippen LogP contribution in [0.25, 0.3) is 0 Å². The van der Waals surface area contributed by atoms with Crippen molar-refractivity contribution in [2.45, 2.75) is 26.8 Å². The molecule has 0 bridgehead atoms. The van der Waals surface area contributed by atoms with Gasteiger partial charge in [-0.05, 0) is 6.92 Å². The maximum Gasteiger partial charge on any atom is 0.239 e. The number of nitrogens with one attached hydrogen (secondary N) is 3. The summed E-state index contributed by atoms with van der Waals surface area (Å²) >= 11 is 0. The molecule has 0 aromatic heterocycles. The summed E-state index contributed by atoms with van der Waals surface area (Å²) in [6, 6.07) is 0.220. The fraction of sp³-hybridized carbons (Fsp3) is 0.700. The molecule has 0 radical (unpaired) electrons. The van der Waals surface area contributed by atoms with Gasteiger partial charge in [-0.15, -0.1) is 0 Å². The van der Waals surface area contributed by atoms with Crippen LogP contribution in [0.1, 0.15) is 20.8 Å². The van der Waals surface area contributed by atoms with Crippen molar-refractivity contribution < 1.29 is 14.4 Å². The van der Waals surface area contributed by atoms with Gasteiger partial charge in [0.05, 0.1) is 19.6 Å². The number of Topliss-reactive ketones (excluding diaryl/α,β-unsaturated/α-hetero) is 1. The molecule has 6 heteroatoms. The molecule has 0 spiro atoms. The minimum atomic E-state index is -0.368. The summed E-state index contributed by atoms with van der Waals surface area (Å²) in [6.07, 6.45) is 0. The Labute approximate surface area is 95.2 Å². The van der Waals surface area contributed by atoms with Crippen molar-refractivity contribution in [3.05, 3.63) is 0 Å². The quantitative estimate of drug-likeness (QED) is 0.512. The van der Waals surface area contributed by atoms with Crippen molar-refractivity contribution in [1.82, 2.24) is 16.0 Å². The fourth-order valence-electron chi connectivity index (χ4n) is 0.824. The van der Waals surface area contributed by atoms with Crippen LogP contribution in [-0.2, 0) is 14.4 Å². The minimum absolute atomic E-state index is 0.00104. The lowest BCUT2D eigenvalue weighted by atomic mass is 10.4. The third-order valence-corrected chi connectivity index (χ3v) is 1.65. The summed E-state index contributed by atoms with van der Waals surface area (Å²) in [5.74, 6) is -0.735. The SMILES string of the molecule is CC(=O)CNC(=O)CNC(=O)CNC(C)C. The Bertz CT molecular complexity index is 264. The van der Waals surface area contributed by atoms with Crippen molar-refractivity contribution in [3.63, 3.8) is 0 Å². The molecule has 0 saturated heterocycles. The normalized spacial score (nSPS) is 10.0. The van der Waals surface area contributed by atoms with Crippen LogP contribution in [0.2, 0.25) is 0 Å². The van der Waals surface area contributed by atoms with E-state index in [-0.39, 0.29) is 43.3 Å². The highest BCUT2D eigenvalue weighted by Gasteiger charge is 2.05. The van der Waals surface area contributed by atoms with Gasteiger partial charge in [-0.3, -0.25) is 14.4 Å². The molecule has 0 aliphatic carbocycles. The number of rotatable bonds is 7. The first kappa shape index (κ1) is 14.6. The monoisotopic (exact) mass is 229 g/mol. The molecule has 0 heterocycles. The molecule has 0 unspecified atom stereocenters. The first-order valence-electron chi connectivity index (χ1n) is 5.18. The van der Waals surface area contributed by atoms with Gasteiger partial charge in [-0.2, -0.15) is 0 Å². The second-order valence-corrected chi connectivity index (χ2v) is 3.79. The number of amides is 2. The van der Waals surface area contributed by atoms with Crippen molar-refractivity contribution in [2.75, 3.05) is 19.6 Å². The molecule has 0 aliphatic rings. The van der Waals surface area contributed by atoms with Crippen LogP contribution in [0.5, 0.6) is 0 Å². The molecule has 2 amide bonds. The summed E-state index contributed by atoms with van der Waals surface area (Å²) in [7, 11) is 0. The predicted molar refractivity (Wildman–Crippen MR) is 59.8 cm³/mol. The van der Waals surface area contributed by atoms with Crippen LogP contribution in [0, 0.1) is 0 Å². The van der Waals surface area contributed by atoms with Crippen molar-refractivity contribution in [2.24, 2.45) is 0 Å². The maximum atomic E-state index is 11.2. The number of ketones is 1. The molecule has 0 atom stereocenters. The van der Waals surface area contributed by atoms with Crippen LogP contribution in [0.15, 0.2) is 0 Å². The Morgan fingerprint density at radius 1 is 0.938 bits per heavy atom. The van der Waals surface area contributed by atoms with E-state index >= 15 is 0 Å². The first-order valence-corrected chi connectivity index (χ1v) is 5.18. The van der Waals surface area contributed by atoms with Gasteiger partial charge in [0.25, 0.3) is 0 Å². The minimum Gasteiger partial charge on any atom is -0.348 e. The van der Waals surface area contributed by atoms with Gasteiger partial charge in [-0.1, -0.05) is 13.8 Å². The largest absolute Gasteiger partial charge is 0.348 e. The predicted octanol–water partition coefficient (Wildman–Crippen LogP) is -1.19. The van der Waals surface area contributed by atoms with Crippen LogP contribution < -0.4 is 16.0 Å². The molecule has 0 saturated carbocycles. The van der Waals surface area contributed by atoms with Crippen molar-refractivity contribution in [1.29, 1.82) is 0 Å². The van der Waals surface area contributed by atoms with E-state index in [2.05, 4.69) is 16.0 Å². The van der Waals surface area contributed by atoms with Gasteiger partial charge in [-0.25, -0.2) is 0 Å². The lowest BCUT2D eigenvalue weighted by molar-refractivity contribution is -0.126. The third-order valence-electron chi connectivity index (χ3n) is 1.65. The molecule has 92 valence electrons. The lowest BCUT2D eigenvalue weighted by Crippen LogP contribution is -2.42. The molecule has 0 fully saturated rings. The van der Waals surface area contributed by atoms with E-state index < -0.39 is 0 Å². The molecular weight excluding hydrogens is 210 g/mol. The third kappa shape index (κ3) is 9.14. The second-order valence-electron chi connectivity index (χ2n) is 3.79. The molecule has 6 nitrogen and oxygen atoms in total. The molecular formula is C10H19N3O3. The number of hydrogen-bond donors (Lipinski definition) is 3. The number of hydrogen-bond acceptors (Lipinski definition) is 4. The first-order chi connectivity index (χ1) is 7.41. The smallest absolute Gasteiger partial charge is 0.239 e. The van der Waals surface area contributed by atoms with E-state index in [1.165, 1.54) is 6.92 Å². The van der Waals surface area contributed by atoms with Gasteiger partial charge in [0, 0.05) is 6.04 Å². The Morgan fingerprint density at radius 3 is 1.94 bits per heavy atom. The van der Waals surface area contributed by atoms with Crippen LogP contribution in [-0.4, -0.2) is 43.3 Å². The fourth-order valence-corrected chi connectivity index (χ4v) is 0.824. The lowest BCUT2D eigenvalue weighted by Gasteiger charge is -2.08. The second kappa shape index (κ2) is 7.81. The highest BCUT2D eigenvalue weighted by Crippen LogP contribution is 1.75. The standard InChI is InChI=1S/C10H19N3O3/c1-7(2)11-5-9(15)13-6-10(16)12-4-8(3)14/h7,11H,4-6H2,1-3H3,(H,12,16)(H,13,15). The van der Waals surface area contributed by atoms with Gasteiger partial charge >= 0.3 is 0 Å².